The van der Waals surface area contributed by atoms with Crippen molar-refractivity contribution in [3.05, 3.63) is 64.4 Å². The summed E-state index contributed by atoms with van der Waals surface area (Å²) in [6, 6.07) is 10.1. The van der Waals surface area contributed by atoms with Gasteiger partial charge in [0.25, 0.3) is 0 Å². The van der Waals surface area contributed by atoms with Crippen LogP contribution in [0.3, 0.4) is 0 Å². The van der Waals surface area contributed by atoms with E-state index in [2.05, 4.69) is 18.0 Å². The average molecular weight is 288 g/mol. The van der Waals surface area contributed by atoms with E-state index < -0.39 is 5.60 Å². The van der Waals surface area contributed by atoms with E-state index in [1.165, 1.54) is 5.56 Å². The summed E-state index contributed by atoms with van der Waals surface area (Å²) in [6.45, 7) is 2.22. The maximum atomic E-state index is 11.1. The minimum absolute atomic E-state index is 0.499. The summed E-state index contributed by atoms with van der Waals surface area (Å²) in [5.41, 5.74) is 2.43. The molecule has 0 spiro atoms. The average Bonchev–Trinajstić information content (AvgIpc) is 2.46. The highest BCUT2D eigenvalue weighted by atomic mass is 35.5. The minimum atomic E-state index is -0.825. The molecule has 104 valence electrons. The van der Waals surface area contributed by atoms with Gasteiger partial charge in [-0.15, -0.1) is 0 Å². The van der Waals surface area contributed by atoms with Crippen LogP contribution in [0.25, 0.3) is 0 Å². The second-order valence-corrected chi connectivity index (χ2v) is 6.11. The lowest BCUT2D eigenvalue weighted by Gasteiger charge is -2.37. The number of hydrogen-bond donors (Lipinski definition) is 1. The number of pyridine rings is 1. The Balaban J connectivity index is 2.01. The fourth-order valence-electron chi connectivity index (χ4n) is 3.14. The van der Waals surface area contributed by atoms with Crippen LogP contribution in [0.2, 0.25) is 5.02 Å². The lowest BCUT2D eigenvalue weighted by atomic mass is 9.72. The molecule has 0 bridgehead atoms. The van der Waals surface area contributed by atoms with Gasteiger partial charge in [0.1, 0.15) is 0 Å². The molecule has 0 saturated heterocycles. The first-order valence-electron chi connectivity index (χ1n) is 7.00. The SMILES string of the molecule is CC1CCC(O)(Cc2ccncc2Cl)c2ccccc21. The molecule has 1 N–H and O–H groups in total. The number of hydrogen-bond acceptors (Lipinski definition) is 2. The Morgan fingerprint density at radius 1 is 1.35 bits per heavy atom. The van der Waals surface area contributed by atoms with Crippen molar-refractivity contribution in [3.8, 4) is 0 Å². The number of nitrogens with zero attached hydrogens (tertiary/aromatic N) is 1. The molecule has 1 aromatic carbocycles. The highest BCUT2D eigenvalue weighted by Crippen LogP contribution is 2.43. The van der Waals surface area contributed by atoms with Gasteiger partial charge in [-0.1, -0.05) is 42.8 Å². The molecule has 2 atom stereocenters. The van der Waals surface area contributed by atoms with Crippen molar-refractivity contribution in [1.82, 2.24) is 4.98 Å². The van der Waals surface area contributed by atoms with Gasteiger partial charge >= 0.3 is 0 Å². The van der Waals surface area contributed by atoms with Crippen LogP contribution in [0.1, 0.15) is 42.4 Å². The first-order chi connectivity index (χ1) is 9.60. The van der Waals surface area contributed by atoms with Crippen LogP contribution < -0.4 is 0 Å². The molecule has 1 heterocycles. The zero-order chi connectivity index (χ0) is 14.2. The highest BCUT2D eigenvalue weighted by Gasteiger charge is 2.37. The number of aliphatic hydroxyl groups is 1. The van der Waals surface area contributed by atoms with E-state index in [0.29, 0.717) is 17.4 Å². The summed E-state index contributed by atoms with van der Waals surface area (Å²) in [7, 11) is 0. The van der Waals surface area contributed by atoms with Crippen molar-refractivity contribution in [2.24, 2.45) is 0 Å². The van der Waals surface area contributed by atoms with Gasteiger partial charge in [-0.3, -0.25) is 4.98 Å². The number of fused-ring (bicyclic) bond motifs is 1. The summed E-state index contributed by atoms with van der Waals surface area (Å²) in [5.74, 6) is 0.499. The zero-order valence-electron chi connectivity index (χ0n) is 11.5. The van der Waals surface area contributed by atoms with Crippen molar-refractivity contribution in [2.45, 2.75) is 37.7 Å². The second-order valence-electron chi connectivity index (χ2n) is 5.70. The first kappa shape index (κ1) is 13.6. The van der Waals surface area contributed by atoms with Crippen molar-refractivity contribution < 1.29 is 5.11 Å². The largest absolute Gasteiger partial charge is 0.385 e. The minimum Gasteiger partial charge on any atom is -0.385 e. The molecule has 2 nitrogen and oxygen atoms in total. The van der Waals surface area contributed by atoms with Gasteiger partial charge in [-0.25, -0.2) is 0 Å². The maximum Gasteiger partial charge on any atom is 0.0940 e. The van der Waals surface area contributed by atoms with E-state index in [0.717, 1.165) is 24.0 Å². The van der Waals surface area contributed by atoms with Gasteiger partial charge in [0.05, 0.1) is 10.6 Å². The fourth-order valence-corrected chi connectivity index (χ4v) is 3.33. The molecule has 3 rings (SSSR count). The molecule has 1 aliphatic carbocycles. The van der Waals surface area contributed by atoms with E-state index in [1.54, 1.807) is 12.4 Å². The van der Waals surface area contributed by atoms with Crippen molar-refractivity contribution in [2.75, 3.05) is 0 Å². The molecule has 0 fully saturated rings. The molecular formula is C17H18ClNO. The zero-order valence-corrected chi connectivity index (χ0v) is 12.3. The third-order valence-corrected chi connectivity index (χ3v) is 4.66. The molecule has 2 aromatic rings. The quantitative estimate of drug-likeness (QED) is 0.903. The van der Waals surface area contributed by atoms with Crippen molar-refractivity contribution in [3.63, 3.8) is 0 Å². The predicted octanol–water partition coefficient (Wildman–Crippen LogP) is 4.06. The summed E-state index contributed by atoms with van der Waals surface area (Å²) in [6.07, 6.45) is 5.66. The van der Waals surface area contributed by atoms with Crippen molar-refractivity contribution in [1.29, 1.82) is 0 Å². The molecule has 0 radical (unpaired) electrons. The van der Waals surface area contributed by atoms with Crippen LogP contribution in [0.4, 0.5) is 0 Å². The van der Waals surface area contributed by atoms with Gasteiger partial charge in [-0.05, 0) is 41.5 Å². The standard InChI is InChI=1S/C17H18ClNO/c1-12-6-8-17(20,15-5-3-2-4-14(12)15)10-13-7-9-19-11-16(13)18/h2-5,7,9,11-12,20H,6,8,10H2,1H3. The molecule has 0 amide bonds. The summed E-state index contributed by atoms with van der Waals surface area (Å²) >= 11 is 6.19. The first-order valence-corrected chi connectivity index (χ1v) is 7.38. The van der Waals surface area contributed by atoms with Crippen LogP contribution in [0, 0.1) is 0 Å². The maximum absolute atomic E-state index is 11.1. The van der Waals surface area contributed by atoms with Gasteiger partial charge in [0.2, 0.25) is 0 Å². The summed E-state index contributed by atoms with van der Waals surface area (Å²) in [5, 5.41) is 11.8. The second kappa shape index (κ2) is 5.19. The lowest BCUT2D eigenvalue weighted by molar-refractivity contribution is 0.0159. The summed E-state index contributed by atoms with van der Waals surface area (Å²) in [4.78, 5) is 4.00. The number of benzene rings is 1. The Morgan fingerprint density at radius 3 is 2.95 bits per heavy atom. The number of halogens is 1. The van der Waals surface area contributed by atoms with Crippen LogP contribution in [0.5, 0.6) is 0 Å². The molecule has 3 heteroatoms. The van der Waals surface area contributed by atoms with Gasteiger partial charge in [-0.2, -0.15) is 0 Å². The van der Waals surface area contributed by atoms with E-state index in [9.17, 15) is 5.11 Å². The molecule has 20 heavy (non-hydrogen) atoms. The number of rotatable bonds is 2. The van der Waals surface area contributed by atoms with E-state index >= 15 is 0 Å². The van der Waals surface area contributed by atoms with Crippen LogP contribution in [-0.2, 0) is 12.0 Å². The Hall–Kier alpha value is -1.38. The third kappa shape index (κ3) is 2.34. The van der Waals surface area contributed by atoms with E-state index in [-0.39, 0.29) is 0 Å². The monoisotopic (exact) mass is 287 g/mol. The van der Waals surface area contributed by atoms with Crippen LogP contribution in [-0.4, -0.2) is 10.1 Å². The van der Waals surface area contributed by atoms with Crippen LogP contribution in [0.15, 0.2) is 42.7 Å². The Kier molecular flexibility index (Phi) is 3.53. The molecule has 0 saturated carbocycles. The predicted molar refractivity (Wildman–Crippen MR) is 80.9 cm³/mol. The Labute approximate surface area is 124 Å². The van der Waals surface area contributed by atoms with Gasteiger partial charge < -0.3 is 5.11 Å². The smallest absolute Gasteiger partial charge is 0.0940 e. The third-order valence-electron chi connectivity index (χ3n) is 4.32. The fraction of sp³-hybridized carbons (Fsp3) is 0.353. The summed E-state index contributed by atoms with van der Waals surface area (Å²) < 4.78 is 0. The molecule has 1 aliphatic rings. The molecular weight excluding hydrogens is 270 g/mol. The topological polar surface area (TPSA) is 33.1 Å². The Bertz CT molecular complexity index is 628. The molecule has 2 unspecified atom stereocenters. The van der Waals surface area contributed by atoms with E-state index in [4.69, 9.17) is 11.6 Å². The van der Waals surface area contributed by atoms with Crippen LogP contribution >= 0.6 is 11.6 Å². The van der Waals surface area contributed by atoms with Gasteiger partial charge in [0, 0.05) is 18.8 Å². The molecule has 1 aromatic heterocycles. The van der Waals surface area contributed by atoms with Crippen molar-refractivity contribution >= 4 is 11.6 Å². The lowest BCUT2D eigenvalue weighted by Crippen LogP contribution is -2.34. The molecule has 0 aliphatic heterocycles. The number of aromatic nitrogens is 1. The van der Waals surface area contributed by atoms with Gasteiger partial charge in [0.15, 0.2) is 0 Å². The Morgan fingerprint density at radius 2 is 2.15 bits per heavy atom. The normalized spacial score (nSPS) is 25.2. The highest BCUT2D eigenvalue weighted by molar-refractivity contribution is 6.31. The van der Waals surface area contributed by atoms with E-state index in [1.807, 2.05) is 24.3 Å².